The van der Waals surface area contributed by atoms with Gasteiger partial charge in [0.05, 0.1) is 0 Å². The van der Waals surface area contributed by atoms with Crippen LogP contribution in [0.3, 0.4) is 0 Å². The van der Waals surface area contributed by atoms with Gasteiger partial charge in [-0.05, 0) is 54.8 Å². The Morgan fingerprint density at radius 2 is 1.93 bits per heavy atom. The van der Waals surface area contributed by atoms with Crippen molar-refractivity contribution in [2.24, 2.45) is 0 Å². The fourth-order valence-corrected chi connectivity index (χ4v) is 3.12. The SMILES string of the molecule is O=C(O)CCCCCNC(=O)c1cccc(/C=C2\C(=O)Nc3ccc(F)cc32)c1. The number of hydrogen-bond acceptors (Lipinski definition) is 3. The number of carboxylic acids is 1. The Bertz CT molecular complexity index is 985. The van der Waals surface area contributed by atoms with Crippen molar-refractivity contribution in [3.05, 3.63) is 65.0 Å². The van der Waals surface area contributed by atoms with E-state index in [1.807, 2.05) is 0 Å². The predicted octanol–water partition coefficient (Wildman–Crippen LogP) is 3.69. The fourth-order valence-electron chi connectivity index (χ4n) is 3.12. The molecule has 1 aliphatic rings. The number of aliphatic carboxylic acids is 1. The average molecular weight is 396 g/mol. The smallest absolute Gasteiger partial charge is 0.303 e. The molecule has 0 fully saturated rings. The van der Waals surface area contributed by atoms with Crippen molar-refractivity contribution in [3.63, 3.8) is 0 Å². The lowest BCUT2D eigenvalue weighted by Crippen LogP contribution is -2.24. The summed E-state index contributed by atoms with van der Waals surface area (Å²) in [5.74, 6) is -1.81. The summed E-state index contributed by atoms with van der Waals surface area (Å²) < 4.78 is 13.6. The highest BCUT2D eigenvalue weighted by atomic mass is 19.1. The molecular weight excluding hydrogens is 375 g/mol. The van der Waals surface area contributed by atoms with Crippen molar-refractivity contribution in [1.82, 2.24) is 5.32 Å². The van der Waals surface area contributed by atoms with Gasteiger partial charge in [-0.25, -0.2) is 4.39 Å². The first-order chi connectivity index (χ1) is 13.9. The molecule has 3 rings (SSSR count). The molecular formula is C22H21FN2O4. The molecule has 0 aliphatic carbocycles. The second kappa shape index (κ2) is 9.14. The Hall–Kier alpha value is -3.48. The molecule has 0 bridgehead atoms. The zero-order valence-electron chi connectivity index (χ0n) is 15.7. The number of halogens is 1. The summed E-state index contributed by atoms with van der Waals surface area (Å²) >= 11 is 0. The highest BCUT2D eigenvalue weighted by Crippen LogP contribution is 2.33. The fraction of sp³-hybridized carbons (Fsp3) is 0.227. The first kappa shape index (κ1) is 20.3. The first-order valence-electron chi connectivity index (χ1n) is 9.37. The van der Waals surface area contributed by atoms with Gasteiger partial charge in [0.1, 0.15) is 5.82 Å². The molecule has 0 saturated carbocycles. The van der Waals surface area contributed by atoms with E-state index in [-0.39, 0.29) is 18.2 Å². The van der Waals surface area contributed by atoms with Crippen LogP contribution in [0, 0.1) is 5.82 Å². The van der Waals surface area contributed by atoms with E-state index in [2.05, 4.69) is 10.6 Å². The second-order valence-electron chi connectivity index (χ2n) is 6.79. The van der Waals surface area contributed by atoms with Crippen LogP contribution in [0.5, 0.6) is 0 Å². The Kier molecular flexibility index (Phi) is 6.39. The third-order valence-corrected chi connectivity index (χ3v) is 4.58. The van der Waals surface area contributed by atoms with Gasteiger partial charge in [-0.3, -0.25) is 14.4 Å². The van der Waals surface area contributed by atoms with Gasteiger partial charge in [0.2, 0.25) is 0 Å². The van der Waals surface area contributed by atoms with Crippen LogP contribution in [0.1, 0.15) is 47.2 Å². The minimum Gasteiger partial charge on any atom is -0.481 e. The van der Waals surface area contributed by atoms with Gasteiger partial charge in [-0.15, -0.1) is 0 Å². The highest BCUT2D eigenvalue weighted by Gasteiger charge is 2.24. The van der Waals surface area contributed by atoms with Crippen molar-refractivity contribution >= 4 is 35.1 Å². The number of carbonyl (C=O) groups excluding carboxylic acids is 2. The van der Waals surface area contributed by atoms with Crippen molar-refractivity contribution in [3.8, 4) is 0 Å². The number of nitrogens with one attached hydrogen (secondary N) is 2. The molecule has 1 heterocycles. The number of amides is 2. The van der Waals surface area contributed by atoms with Crippen LogP contribution in [-0.2, 0) is 9.59 Å². The molecule has 29 heavy (non-hydrogen) atoms. The minimum absolute atomic E-state index is 0.130. The highest BCUT2D eigenvalue weighted by molar-refractivity contribution is 6.34. The molecule has 0 unspecified atom stereocenters. The Balaban J connectivity index is 1.65. The van der Waals surface area contributed by atoms with Crippen LogP contribution < -0.4 is 10.6 Å². The van der Waals surface area contributed by atoms with Crippen molar-refractivity contribution < 1.29 is 23.9 Å². The lowest BCUT2D eigenvalue weighted by Gasteiger charge is -2.06. The zero-order valence-corrected chi connectivity index (χ0v) is 15.7. The monoisotopic (exact) mass is 396 g/mol. The molecule has 2 amide bonds. The van der Waals surface area contributed by atoms with Crippen molar-refractivity contribution in [1.29, 1.82) is 0 Å². The summed E-state index contributed by atoms with van der Waals surface area (Å²) in [5.41, 5.74) is 2.49. The lowest BCUT2D eigenvalue weighted by molar-refractivity contribution is -0.137. The number of carboxylic acid groups (broad SMARTS) is 1. The maximum Gasteiger partial charge on any atom is 0.303 e. The van der Waals surface area contributed by atoms with Crippen LogP contribution in [0.15, 0.2) is 42.5 Å². The van der Waals surface area contributed by atoms with E-state index in [4.69, 9.17) is 5.11 Å². The average Bonchev–Trinajstić information content (AvgIpc) is 2.99. The van der Waals surface area contributed by atoms with Crippen LogP contribution in [0.25, 0.3) is 11.6 Å². The third kappa shape index (κ3) is 5.28. The van der Waals surface area contributed by atoms with Crippen LogP contribution in [0.4, 0.5) is 10.1 Å². The van der Waals surface area contributed by atoms with Crippen LogP contribution >= 0.6 is 0 Å². The lowest BCUT2D eigenvalue weighted by atomic mass is 10.0. The number of fused-ring (bicyclic) bond motifs is 1. The molecule has 0 atom stereocenters. The molecule has 150 valence electrons. The molecule has 0 spiro atoms. The molecule has 0 radical (unpaired) electrons. The van der Waals surface area contributed by atoms with E-state index >= 15 is 0 Å². The topological polar surface area (TPSA) is 95.5 Å². The number of hydrogen-bond donors (Lipinski definition) is 3. The summed E-state index contributed by atoms with van der Waals surface area (Å²) in [6.45, 7) is 0.457. The van der Waals surface area contributed by atoms with Gasteiger partial charge in [-0.2, -0.15) is 0 Å². The zero-order chi connectivity index (χ0) is 20.8. The standard InChI is InChI=1S/C22H21FN2O4/c23-16-8-9-19-17(13-16)18(22(29)25-19)12-14-5-4-6-15(11-14)21(28)24-10-3-1-2-7-20(26)27/h4-6,8-9,11-13H,1-3,7,10H2,(H,24,28)(H,25,29)(H,26,27)/b18-12-. The molecule has 3 N–H and O–H groups in total. The number of unbranched alkanes of at least 4 members (excludes halogenated alkanes) is 2. The molecule has 2 aromatic rings. The Morgan fingerprint density at radius 1 is 1.10 bits per heavy atom. The number of carbonyl (C=O) groups is 3. The third-order valence-electron chi connectivity index (χ3n) is 4.58. The first-order valence-corrected chi connectivity index (χ1v) is 9.37. The van der Waals surface area contributed by atoms with Crippen LogP contribution in [0.2, 0.25) is 0 Å². The van der Waals surface area contributed by atoms with E-state index < -0.39 is 11.8 Å². The van der Waals surface area contributed by atoms with Gasteiger partial charge >= 0.3 is 5.97 Å². The van der Waals surface area contributed by atoms with E-state index in [0.29, 0.717) is 47.3 Å². The van der Waals surface area contributed by atoms with Gasteiger partial charge in [0.25, 0.3) is 11.8 Å². The van der Waals surface area contributed by atoms with Crippen LogP contribution in [-0.4, -0.2) is 29.4 Å². The molecule has 2 aromatic carbocycles. The van der Waals surface area contributed by atoms with Gasteiger partial charge in [0, 0.05) is 35.4 Å². The van der Waals surface area contributed by atoms with E-state index in [1.165, 1.54) is 18.2 Å². The molecule has 6 nitrogen and oxygen atoms in total. The summed E-state index contributed by atoms with van der Waals surface area (Å²) in [6.07, 6.45) is 3.77. The summed E-state index contributed by atoms with van der Waals surface area (Å²) in [7, 11) is 0. The van der Waals surface area contributed by atoms with Gasteiger partial charge in [-0.1, -0.05) is 18.6 Å². The maximum atomic E-state index is 13.6. The number of anilines is 1. The predicted molar refractivity (Wildman–Crippen MR) is 108 cm³/mol. The van der Waals surface area contributed by atoms with E-state index in [9.17, 15) is 18.8 Å². The van der Waals surface area contributed by atoms with Gasteiger partial charge < -0.3 is 15.7 Å². The largest absolute Gasteiger partial charge is 0.481 e. The summed E-state index contributed by atoms with van der Waals surface area (Å²) in [5, 5.41) is 14.1. The summed E-state index contributed by atoms with van der Waals surface area (Å²) in [6, 6.07) is 10.9. The van der Waals surface area contributed by atoms with Crippen molar-refractivity contribution in [2.75, 3.05) is 11.9 Å². The maximum absolute atomic E-state index is 13.6. The van der Waals surface area contributed by atoms with E-state index in [1.54, 1.807) is 30.3 Å². The molecule has 0 aromatic heterocycles. The minimum atomic E-state index is -0.818. The number of rotatable bonds is 8. The molecule has 7 heteroatoms. The number of benzene rings is 2. The van der Waals surface area contributed by atoms with Crippen molar-refractivity contribution in [2.45, 2.75) is 25.7 Å². The summed E-state index contributed by atoms with van der Waals surface area (Å²) in [4.78, 5) is 35.0. The molecule has 1 aliphatic heterocycles. The second-order valence-corrected chi connectivity index (χ2v) is 6.79. The Labute approximate surface area is 167 Å². The normalized spacial score (nSPS) is 13.8. The van der Waals surface area contributed by atoms with E-state index in [0.717, 1.165) is 6.42 Å². The Morgan fingerprint density at radius 3 is 2.72 bits per heavy atom. The quantitative estimate of drug-likeness (QED) is 0.468. The van der Waals surface area contributed by atoms with Gasteiger partial charge in [0.15, 0.2) is 0 Å². The molecule has 0 saturated heterocycles.